The molecule has 0 bridgehead atoms. The topological polar surface area (TPSA) is 72.2 Å². The molecule has 0 amide bonds. The van der Waals surface area contributed by atoms with Gasteiger partial charge in [0.2, 0.25) is 10.0 Å². The molecule has 120 valence electrons. The average molecular weight is 381 g/mol. The van der Waals surface area contributed by atoms with Gasteiger partial charge < -0.3 is 5.73 Å². The Kier molecular flexibility index (Phi) is 5.12. The zero-order chi connectivity index (χ0) is 16.6. The number of anilines is 1. The lowest BCUT2D eigenvalue weighted by molar-refractivity contribution is 0.269. The van der Waals surface area contributed by atoms with E-state index in [2.05, 4.69) is 20.7 Å². The molecule has 0 spiro atoms. The summed E-state index contributed by atoms with van der Waals surface area (Å²) >= 11 is 3.07. The standard InChI is InChI=1S/C14H22BrFN2O2S/c1-13(2,3)8-14(4,5)18-21(19,20)12-7-11(17)10(16)6-9(12)15/h6-7,18H,8,17H2,1-5H3. The van der Waals surface area contributed by atoms with Crippen molar-refractivity contribution in [2.45, 2.75) is 51.5 Å². The summed E-state index contributed by atoms with van der Waals surface area (Å²) < 4.78 is 41.1. The molecule has 0 aliphatic carbocycles. The largest absolute Gasteiger partial charge is 0.396 e. The second kappa shape index (κ2) is 5.85. The Labute approximate surface area is 134 Å². The maximum atomic E-state index is 13.3. The highest BCUT2D eigenvalue weighted by Gasteiger charge is 2.31. The van der Waals surface area contributed by atoms with E-state index in [9.17, 15) is 12.8 Å². The molecule has 0 saturated heterocycles. The predicted molar refractivity (Wildman–Crippen MR) is 87.0 cm³/mol. The van der Waals surface area contributed by atoms with E-state index in [4.69, 9.17) is 5.73 Å². The molecule has 0 aliphatic rings. The third kappa shape index (κ3) is 5.23. The smallest absolute Gasteiger partial charge is 0.242 e. The Hall–Kier alpha value is -0.660. The van der Waals surface area contributed by atoms with Crippen molar-refractivity contribution >= 4 is 31.6 Å². The lowest BCUT2D eigenvalue weighted by Crippen LogP contribution is -2.45. The van der Waals surface area contributed by atoms with Gasteiger partial charge in [-0.2, -0.15) is 0 Å². The Morgan fingerprint density at radius 3 is 2.24 bits per heavy atom. The van der Waals surface area contributed by atoms with Crippen molar-refractivity contribution in [1.82, 2.24) is 4.72 Å². The van der Waals surface area contributed by atoms with E-state index in [1.54, 1.807) is 0 Å². The van der Waals surface area contributed by atoms with Gasteiger partial charge in [0, 0.05) is 10.0 Å². The van der Waals surface area contributed by atoms with Crippen LogP contribution in [0.1, 0.15) is 41.0 Å². The molecular formula is C14H22BrFN2O2S. The minimum absolute atomic E-state index is 0.0366. The van der Waals surface area contributed by atoms with Crippen LogP contribution in [0.4, 0.5) is 10.1 Å². The normalized spacial score (nSPS) is 13.5. The molecule has 7 heteroatoms. The van der Waals surface area contributed by atoms with Crippen LogP contribution < -0.4 is 10.5 Å². The number of benzene rings is 1. The number of rotatable bonds is 4. The molecule has 0 fully saturated rings. The maximum Gasteiger partial charge on any atom is 0.242 e. The molecule has 4 nitrogen and oxygen atoms in total. The van der Waals surface area contributed by atoms with E-state index < -0.39 is 21.4 Å². The van der Waals surface area contributed by atoms with Gasteiger partial charge in [0.25, 0.3) is 0 Å². The molecule has 3 N–H and O–H groups in total. The maximum absolute atomic E-state index is 13.3. The van der Waals surface area contributed by atoms with Crippen LogP contribution in [0, 0.1) is 11.2 Å². The first-order valence-electron chi connectivity index (χ1n) is 6.52. The Balaban J connectivity index is 3.16. The van der Waals surface area contributed by atoms with Crippen molar-refractivity contribution < 1.29 is 12.8 Å². The number of hydrogen-bond acceptors (Lipinski definition) is 3. The van der Waals surface area contributed by atoms with Crippen LogP contribution in [0.3, 0.4) is 0 Å². The van der Waals surface area contributed by atoms with Gasteiger partial charge in [-0.25, -0.2) is 17.5 Å². The van der Waals surface area contributed by atoms with Crippen molar-refractivity contribution in [2.75, 3.05) is 5.73 Å². The Bertz CT molecular complexity index is 637. The first-order valence-corrected chi connectivity index (χ1v) is 8.80. The zero-order valence-electron chi connectivity index (χ0n) is 12.9. The molecule has 1 aromatic carbocycles. The first-order chi connectivity index (χ1) is 9.23. The number of halogens is 2. The molecule has 0 atom stereocenters. The highest BCUT2D eigenvalue weighted by molar-refractivity contribution is 9.10. The first kappa shape index (κ1) is 18.4. The summed E-state index contributed by atoms with van der Waals surface area (Å²) in [7, 11) is -3.80. The van der Waals surface area contributed by atoms with Crippen molar-refractivity contribution in [3.05, 3.63) is 22.4 Å². The van der Waals surface area contributed by atoms with Crippen LogP contribution in [0.25, 0.3) is 0 Å². The molecule has 1 rings (SSSR count). The van der Waals surface area contributed by atoms with Gasteiger partial charge in [-0.15, -0.1) is 0 Å². The van der Waals surface area contributed by atoms with Gasteiger partial charge in [-0.1, -0.05) is 20.8 Å². The van der Waals surface area contributed by atoms with E-state index in [0.717, 1.165) is 12.1 Å². The molecule has 1 aromatic rings. The van der Waals surface area contributed by atoms with Crippen LogP contribution in [-0.4, -0.2) is 14.0 Å². The summed E-state index contributed by atoms with van der Waals surface area (Å²) in [5, 5.41) is 0. The lowest BCUT2D eigenvalue weighted by atomic mass is 9.82. The van der Waals surface area contributed by atoms with Crippen LogP contribution in [0.5, 0.6) is 0 Å². The molecule has 0 heterocycles. The summed E-state index contributed by atoms with van der Waals surface area (Å²) in [6, 6.07) is 2.18. The highest BCUT2D eigenvalue weighted by Crippen LogP contribution is 2.31. The number of nitrogen functional groups attached to an aromatic ring is 1. The van der Waals surface area contributed by atoms with Gasteiger partial charge >= 0.3 is 0 Å². The van der Waals surface area contributed by atoms with Crippen molar-refractivity contribution in [3.63, 3.8) is 0 Å². The number of nitrogens with two attached hydrogens (primary N) is 1. The molecule has 0 aromatic heterocycles. The third-order valence-electron chi connectivity index (χ3n) is 2.72. The second-order valence-electron chi connectivity index (χ2n) is 7.03. The summed E-state index contributed by atoms with van der Waals surface area (Å²) in [5.74, 6) is -0.658. The minimum Gasteiger partial charge on any atom is -0.396 e. The van der Waals surface area contributed by atoms with Crippen LogP contribution in [0.2, 0.25) is 0 Å². The summed E-state index contributed by atoms with van der Waals surface area (Å²) in [4.78, 5) is -0.0663. The Morgan fingerprint density at radius 1 is 1.24 bits per heavy atom. The van der Waals surface area contributed by atoms with E-state index in [-0.39, 0.29) is 20.5 Å². The second-order valence-corrected chi connectivity index (χ2v) is 9.54. The molecule has 21 heavy (non-hydrogen) atoms. The molecule has 0 aliphatic heterocycles. The molecular weight excluding hydrogens is 359 g/mol. The number of nitrogens with one attached hydrogen (secondary N) is 1. The summed E-state index contributed by atoms with van der Waals surface area (Å²) in [5.41, 5.74) is 4.59. The lowest BCUT2D eigenvalue weighted by Gasteiger charge is -2.33. The summed E-state index contributed by atoms with van der Waals surface area (Å²) in [6.45, 7) is 9.74. The van der Waals surface area contributed by atoms with Crippen LogP contribution in [0.15, 0.2) is 21.5 Å². The van der Waals surface area contributed by atoms with Crippen molar-refractivity contribution in [2.24, 2.45) is 5.41 Å². The van der Waals surface area contributed by atoms with Gasteiger partial charge in [0.05, 0.1) is 10.6 Å². The van der Waals surface area contributed by atoms with E-state index in [1.165, 1.54) is 0 Å². The Morgan fingerprint density at radius 2 is 1.76 bits per heavy atom. The minimum atomic E-state index is -3.80. The van der Waals surface area contributed by atoms with Gasteiger partial charge in [0.1, 0.15) is 5.82 Å². The van der Waals surface area contributed by atoms with E-state index >= 15 is 0 Å². The fourth-order valence-corrected chi connectivity index (χ4v) is 4.99. The van der Waals surface area contributed by atoms with Gasteiger partial charge in [-0.3, -0.25) is 0 Å². The van der Waals surface area contributed by atoms with Crippen molar-refractivity contribution in [3.8, 4) is 0 Å². The molecule has 0 radical (unpaired) electrons. The molecule has 0 saturated carbocycles. The average Bonchev–Trinajstić information content (AvgIpc) is 2.17. The predicted octanol–water partition coefficient (Wildman–Crippen LogP) is 3.66. The van der Waals surface area contributed by atoms with E-state index in [1.807, 2.05) is 34.6 Å². The monoisotopic (exact) mass is 380 g/mol. The van der Waals surface area contributed by atoms with Gasteiger partial charge in [0.15, 0.2) is 0 Å². The molecule has 0 unspecified atom stereocenters. The van der Waals surface area contributed by atoms with Crippen molar-refractivity contribution in [1.29, 1.82) is 0 Å². The third-order valence-corrected chi connectivity index (χ3v) is 5.38. The quantitative estimate of drug-likeness (QED) is 0.782. The van der Waals surface area contributed by atoms with Crippen LogP contribution in [-0.2, 0) is 10.0 Å². The SMILES string of the molecule is CC(C)(C)CC(C)(C)NS(=O)(=O)c1cc(N)c(F)cc1Br. The number of hydrogen-bond donors (Lipinski definition) is 2. The van der Waals surface area contributed by atoms with Crippen LogP contribution >= 0.6 is 15.9 Å². The van der Waals surface area contributed by atoms with Gasteiger partial charge in [-0.05, 0) is 53.7 Å². The summed E-state index contributed by atoms with van der Waals surface area (Å²) in [6.07, 6.45) is 0.646. The zero-order valence-corrected chi connectivity index (χ0v) is 15.3. The highest BCUT2D eigenvalue weighted by atomic mass is 79.9. The number of sulfonamides is 1. The fraction of sp³-hybridized carbons (Fsp3) is 0.571. The fourth-order valence-electron chi connectivity index (χ4n) is 2.53. The van der Waals surface area contributed by atoms with E-state index in [0.29, 0.717) is 6.42 Å².